The van der Waals surface area contributed by atoms with Gasteiger partial charge in [0.05, 0.1) is 17.2 Å². The average molecular weight is 331 g/mol. The summed E-state index contributed by atoms with van der Waals surface area (Å²) in [5, 5.41) is 9.96. The first-order valence-electron chi connectivity index (χ1n) is 8.05. The van der Waals surface area contributed by atoms with Gasteiger partial charge in [-0.1, -0.05) is 36.2 Å². The van der Waals surface area contributed by atoms with Crippen molar-refractivity contribution in [1.29, 1.82) is 0 Å². The molecule has 0 fully saturated rings. The molecule has 0 aliphatic heterocycles. The van der Waals surface area contributed by atoms with Crippen LogP contribution < -0.4 is 10.6 Å². The molecule has 0 bridgehead atoms. The Hall–Kier alpha value is -1.88. The van der Waals surface area contributed by atoms with Crippen molar-refractivity contribution in [3.63, 3.8) is 0 Å². The molecule has 1 aromatic carbocycles. The zero-order chi connectivity index (χ0) is 16.7. The Morgan fingerprint density at radius 3 is 2.52 bits per heavy atom. The van der Waals surface area contributed by atoms with E-state index in [1.54, 1.807) is 18.4 Å². The lowest BCUT2D eigenvalue weighted by molar-refractivity contribution is 0.783. The second kappa shape index (κ2) is 8.67. The van der Waals surface area contributed by atoms with Crippen molar-refractivity contribution in [3.8, 4) is 0 Å². The van der Waals surface area contributed by atoms with Crippen LogP contribution in [0.25, 0.3) is 0 Å². The third-order valence-electron chi connectivity index (χ3n) is 3.55. The van der Waals surface area contributed by atoms with Gasteiger partial charge < -0.3 is 10.6 Å². The molecule has 23 heavy (non-hydrogen) atoms. The molecule has 0 radical (unpaired) electrons. The van der Waals surface area contributed by atoms with E-state index in [0.717, 1.165) is 31.0 Å². The summed E-state index contributed by atoms with van der Waals surface area (Å²) in [6.07, 6.45) is 1.98. The molecule has 2 aromatic rings. The van der Waals surface area contributed by atoms with Crippen LogP contribution in [0.5, 0.6) is 0 Å². The number of aryl methyl sites for hydroxylation is 3. The summed E-state index contributed by atoms with van der Waals surface area (Å²) in [7, 11) is 1.80. The van der Waals surface area contributed by atoms with Crippen LogP contribution in [-0.4, -0.2) is 24.5 Å². The summed E-state index contributed by atoms with van der Waals surface area (Å²) in [5.74, 6) is 0.820. The van der Waals surface area contributed by atoms with Gasteiger partial charge in [-0.25, -0.2) is 4.98 Å². The van der Waals surface area contributed by atoms with Gasteiger partial charge in [0.25, 0.3) is 0 Å². The molecule has 0 saturated heterocycles. The van der Waals surface area contributed by atoms with Gasteiger partial charge in [-0.3, -0.25) is 4.99 Å². The molecule has 0 spiro atoms. The molecule has 5 heteroatoms. The van der Waals surface area contributed by atoms with E-state index in [-0.39, 0.29) is 0 Å². The summed E-state index contributed by atoms with van der Waals surface area (Å²) in [4.78, 5) is 8.82. The van der Waals surface area contributed by atoms with E-state index in [4.69, 9.17) is 0 Å². The van der Waals surface area contributed by atoms with Gasteiger partial charge in [0.1, 0.15) is 0 Å². The number of hydrogen-bond donors (Lipinski definition) is 2. The minimum Gasteiger partial charge on any atom is -0.356 e. The average Bonchev–Trinajstić information content (AvgIpc) is 2.97. The predicted octanol–water partition coefficient (Wildman–Crippen LogP) is 3.23. The second-order valence-electron chi connectivity index (χ2n) is 5.68. The first-order valence-corrected chi connectivity index (χ1v) is 8.93. The van der Waals surface area contributed by atoms with Gasteiger partial charge >= 0.3 is 0 Å². The molecule has 2 N–H and O–H groups in total. The maximum absolute atomic E-state index is 4.56. The van der Waals surface area contributed by atoms with Gasteiger partial charge in [-0.2, -0.15) is 0 Å². The quantitative estimate of drug-likeness (QED) is 0.631. The molecule has 4 nitrogen and oxygen atoms in total. The topological polar surface area (TPSA) is 49.3 Å². The Bertz CT molecular complexity index is 641. The van der Waals surface area contributed by atoms with Crippen molar-refractivity contribution < 1.29 is 0 Å². The van der Waals surface area contributed by atoms with Crippen LogP contribution in [0, 0.1) is 13.8 Å². The largest absolute Gasteiger partial charge is 0.356 e. The Morgan fingerprint density at radius 2 is 1.91 bits per heavy atom. The molecule has 1 aromatic heterocycles. The van der Waals surface area contributed by atoms with Crippen molar-refractivity contribution in [1.82, 2.24) is 15.6 Å². The number of aliphatic imine (C=N–C) groups is 1. The Labute approximate surface area is 143 Å². The molecule has 0 amide bonds. The first kappa shape index (κ1) is 17.5. The number of rotatable bonds is 6. The highest BCUT2D eigenvalue weighted by Crippen LogP contribution is 2.10. The molecular formula is C18H26N4S. The van der Waals surface area contributed by atoms with E-state index in [9.17, 15) is 0 Å². The van der Waals surface area contributed by atoms with E-state index in [0.29, 0.717) is 6.54 Å². The van der Waals surface area contributed by atoms with Crippen LogP contribution in [0.15, 0.2) is 28.6 Å². The van der Waals surface area contributed by atoms with E-state index in [1.807, 2.05) is 0 Å². The van der Waals surface area contributed by atoms with Crippen molar-refractivity contribution >= 4 is 17.3 Å². The maximum atomic E-state index is 4.56. The number of thiazole rings is 1. The lowest BCUT2D eigenvalue weighted by atomic mass is 10.1. The van der Waals surface area contributed by atoms with E-state index in [1.165, 1.54) is 21.7 Å². The molecule has 0 atom stereocenters. The molecule has 0 saturated carbocycles. The monoisotopic (exact) mass is 330 g/mol. The van der Waals surface area contributed by atoms with Crippen LogP contribution in [0.1, 0.15) is 34.3 Å². The molecule has 0 aliphatic rings. The number of nitrogens with one attached hydrogen (secondary N) is 2. The van der Waals surface area contributed by atoms with Gasteiger partial charge in [0, 0.05) is 19.0 Å². The molecule has 124 valence electrons. The van der Waals surface area contributed by atoms with Crippen molar-refractivity contribution in [2.75, 3.05) is 13.6 Å². The first-order chi connectivity index (χ1) is 11.1. The minimum atomic E-state index is 0.708. The zero-order valence-corrected chi connectivity index (χ0v) is 15.3. The van der Waals surface area contributed by atoms with Crippen LogP contribution >= 0.6 is 11.3 Å². The maximum Gasteiger partial charge on any atom is 0.191 e. The van der Waals surface area contributed by atoms with Gasteiger partial charge in [-0.05, 0) is 32.3 Å². The summed E-state index contributed by atoms with van der Waals surface area (Å²) in [5.41, 5.74) is 5.07. The Morgan fingerprint density at radius 1 is 1.17 bits per heavy atom. The van der Waals surface area contributed by atoms with E-state index in [2.05, 4.69) is 65.0 Å². The SMILES string of the molecule is CCc1nc(CNC(=NC)NCCc2cc(C)cc(C)c2)cs1. The molecule has 0 unspecified atom stereocenters. The number of aromatic nitrogens is 1. The van der Waals surface area contributed by atoms with Crippen LogP contribution in [0.2, 0.25) is 0 Å². The highest BCUT2D eigenvalue weighted by molar-refractivity contribution is 7.09. The van der Waals surface area contributed by atoms with E-state index >= 15 is 0 Å². The third kappa shape index (κ3) is 5.67. The van der Waals surface area contributed by atoms with Gasteiger partial charge in [-0.15, -0.1) is 11.3 Å². The summed E-state index contributed by atoms with van der Waals surface area (Å²) in [6, 6.07) is 6.69. The predicted molar refractivity (Wildman–Crippen MR) is 99.3 cm³/mol. The third-order valence-corrected chi connectivity index (χ3v) is 4.59. The van der Waals surface area contributed by atoms with Crippen molar-refractivity contribution in [3.05, 3.63) is 51.0 Å². The lowest BCUT2D eigenvalue weighted by Gasteiger charge is -2.11. The van der Waals surface area contributed by atoms with Gasteiger partial charge in [0.15, 0.2) is 5.96 Å². The van der Waals surface area contributed by atoms with Gasteiger partial charge in [0.2, 0.25) is 0 Å². The highest BCUT2D eigenvalue weighted by Gasteiger charge is 2.03. The Balaban J connectivity index is 1.78. The zero-order valence-electron chi connectivity index (χ0n) is 14.4. The summed E-state index contributed by atoms with van der Waals surface area (Å²) in [6.45, 7) is 7.98. The molecule has 2 rings (SSSR count). The van der Waals surface area contributed by atoms with Crippen molar-refractivity contribution in [2.45, 2.75) is 40.2 Å². The fraction of sp³-hybridized carbons (Fsp3) is 0.444. The fourth-order valence-electron chi connectivity index (χ4n) is 2.53. The molecular weight excluding hydrogens is 304 g/mol. The smallest absolute Gasteiger partial charge is 0.191 e. The van der Waals surface area contributed by atoms with Crippen LogP contribution in [0.3, 0.4) is 0 Å². The lowest BCUT2D eigenvalue weighted by Crippen LogP contribution is -2.37. The molecule has 0 aliphatic carbocycles. The second-order valence-corrected chi connectivity index (χ2v) is 6.63. The van der Waals surface area contributed by atoms with Crippen LogP contribution in [0.4, 0.5) is 0 Å². The van der Waals surface area contributed by atoms with Crippen LogP contribution in [-0.2, 0) is 19.4 Å². The number of benzene rings is 1. The van der Waals surface area contributed by atoms with E-state index < -0.39 is 0 Å². The fourth-order valence-corrected chi connectivity index (χ4v) is 3.27. The number of nitrogens with zero attached hydrogens (tertiary/aromatic N) is 2. The number of guanidine groups is 1. The summed E-state index contributed by atoms with van der Waals surface area (Å²) < 4.78 is 0. The standard InChI is InChI=1S/C18H26N4S/c1-5-17-22-16(12-23-17)11-21-18(19-4)20-7-6-15-9-13(2)8-14(3)10-15/h8-10,12H,5-7,11H2,1-4H3,(H2,19,20,21). The molecule has 1 heterocycles. The van der Waals surface area contributed by atoms with Crippen molar-refractivity contribution in [2.24, 2.45) is 4.99 Å². The number of hydrogen-bond acceptors (Lipinski definition) is 3. The Kier molecular flexibility index (Phi) is 6.59. The summed E-state index contributed by atoms with van der Waals surface area (Å²) >= 11 is 1.72. The minimum absolute atomic E-state index is 0.708. The normalized spacial score (nSPS) is 11.6. The highest BCUT2D eigenvalue weighted by atomic mass is 32.1.